The summed E-state index contributed by atoms with van der Waals surface area (Å²) in [7, 11) is 2.21. The SMILES string of the molecule is Cc1nnc(-c2cccc(-n3ccc(N(C(=O)c4cccs4)C4CCC(N(C)Cc5ccccc5)CC4)n3)c2)o1. The molecule has 0 atom stereocenters. The lowest BCUT2D eigenvalue weighted by Gasteiger charge is -2.38. The third-order valence-electron chi connectivity index (χ3n) is 7.59. The van der Waals surface area contributed by atoms with E-state index in [0.717, 1.165) is 48.4 Å². The van der Waals surface area contributed by atoms with Crippen LogP contribution in [0.1, 0.15) is 46.8 Å². The molecule has 0 bridgehead atoms. The predicted octanol–water partition coefficient (Wildman–Crippen LogP) is 6.38. The van der Waals surface area contributed by atoms with Crippen molar-refractivity contribution in [2.75, 3.05) is 11.9 Å². The fourth-order valence-corrected chi connectivity index (χ4v) is 6.17. The molecule has 0 N–H and O–H groups in total. The molecule has 8 nitrogen and oxygen atoms in total. The zero-order valence-corrected chi connectivity index (χ0v) is 23.5. The highest BCUT2D eigenvalue weighted by Gasteiger charge is 2.33. The molecule has 0 saturated heterocycles. The number of carbonyl (C=O) groups excluding carboxylic acids is 1. The van der Waals surface area contributed by atoms with Gasteiger partial charge in [0.2, 0.25) is 11.8 Å². The Morgan fingerprint density at radius 1 is 0.975 bits per heavy atom. The highest BCUT2D eigenvalue weighted by Crippen LogP contribution is 2.32. The normalized spacial score (nSPS) is 17.3. The van der Waals surface area contributed by atoms with Crippen LogP contribution in [0, 0.1) is 6.92 Å². The van der Waals surface area contributed by atoms with Gasteiger partial charge < -0.3 is 4.42 Å². The van der Waals surface area contributed by atoms with Crippen LogP contribution in [0.25, 0.3) is 17.1 Å². The molecule has 1 saturated carbocycles. The van der Waals surface area contributed by atoms with Gasteiger partial charge in [-0.1, -0.05) is 42.5 Å². The average Bonchev–Trinajstić information content (AvgIpc) is 3.77. The number of hydrogen-bond donors (Lipinski definition) is 0. The van der Waals surface area contributed by atoms with Crippen molar-refractivity contribution in [3.63, 3.8) is 0 Å². The molecular weight excluding hydrogens is 520 g/mol. The molecule has 9 heteroatoms. The number of aryl methyl sites for hydroxylation is 1. The minimum Gasteiger partial charge on any atom is -0.421 e. The van der Waals surface area contributed by atoms with E-state index in [1.54, 1.807) is 11.6 Å². The van der Waals surface area contributed by atoms with Gasteiger partial charge in [0.15, 0.2) is 5.82 Å². The summed E-state index contributed by atoms with van der Waals surface area (Å²) >= 11 is 1.47. The smallest absolute Gasteiger partial charge is 0.269 e. The molecule has 2 aromatic carbocycles. The van der Waals surface area contributed by atoms with Gasteiger partial charge in [0.05, 0.1) is 10.6 Å². The summed E-state index contributed by atoms with van der Waals surface area (Å²) in [5.41, 5.74) is 3.00. The first-order chi connectivity index (χ1) is 19.5. The molecule has 1 fully saturated rings. The maximum absolute atomic E-state index is 13.8. The molecule has 3 heterocycles. The van der Waals surface area contributed by atoms with Gasteiger partial charge in [-0.05, 0) is 67.9 Å². The van der Waals surface area contributed by atoms with Gasteiger partial charge in [0.25, 0.3) is 5.91 Å². The summed E-state index contributed by atoms with van der Waals surface area (Å²) in [6, 6.07) is 24.7. The Labute approximate surface area is 237 Å². The second kappa shape index (κ2) is 11.6. The van der Waals surface area contributed by atoms with Crippen molar-refractivity contribution in [2.24, 2.45) is 0 Å². The van der Waals surface area contributed by atoms with Crippen LogP contribution in [-0.4, -0.2) is 49.9 Å². The first-order valence-corrected chi connectivity index (χ1v) is 14.5. The molecule has 204 valence electrons. The number of nitrogens with zero attached hydrogens (tertiary/aromatic N) is 6. The van der Waals surface area contributed by atoms with E-state index in [0.29, 0.717) is 23.6 Å². The van der Waals surface area contributed by atoms with Crippen molar-refractivity contribution in [2.45, 2.75) is 51.2 Å². The summed E-state index contributed by atoms with van der Waals surface area (Å²) in [6.45, 7) is 2.70. The standard InChI is InChI=1S/C31H32N6O2S/c1-22-32-33-30(39-22)24-10-6-11-27(20-24)36-18-17-29(34-36)37(31(38)28-12-7-19-40-28)26-15-13-25(14-16-26)35(2)21-23-8-4-3-5-9-23/h3-12,17-20,25-26H,13-16,21H2,1-2H3. The quantitative estimate of drug-likeness (QED) is 0.222. The molecular formula is C31H32N6O2S. The molecule has 40 heavy (non-hydrogen) atoms. The van der Waals surface area contributed by atoms with Gasteiger partial charge in [-0.15, -0.1) is 26.6 Å². The highest BCUT2D eigenvalue weighted by molar-refractivity contribution is 7.12. The van der Waals surface area contributed by atoms with E-state index < -0.39 is 0 Å². The fraction of sp³-hybridized carbons (Fsp3) is 0.290. The van der Waals surface area contributed by atoms with Crippen molar-refractivity contribution in [3.05, 3.63) is 101 Å². The maximum Gasteiger partial charge on any atom is 0.269 e. The largest absolute Gasteiger partial charge is 0.421 e. The zero-order valence-electron chi connectivity index (χ0n) is 22.7. The highest BCUT2D eigenvalue weighted by atomic mass is 32.1. The maximum atomic E-state index is 13.8. The van der Waals surface area contributed by atoms with Crippen molar-refractivity contribution in [3.8, 4) is 17.1 Å². The summed E-state index contributed by atoms with van der Waals surface area (Å²) in [5.74, 6) is 1.66. The molecule has 5 aromatic rings. The van der Waals surface area contributed by atoms with Gasteiger partial charge in [-0.2, -0.15) is 0 Å². The Hall–Kier alpha value is -4.08. The second-order valence-electron chi connectivity index (χ2n) is 10.3. The van der Waals surface area contributed by atoms with Gasteiger partial charge in [-0.25, -0.2) is 4.68 Å². The monoisotopic (exact) mass is 552 g/mol. The van der Waals surface area contributed by atoms with E-state index in [1.807, 2.05) is 58.9 Å². The van der Waals surface area contributed by atoms with Crippen LogP contribution in [0.5, 0.6) is 0 Å². The van der Waals surface area contributed by atoms with E-state index in [9.17, 15) is 4.79 Å². The van der Waals surface area contributed by atoms with Crippen LogP contribution in [0.15, 0.2) is 88.8 Å². The second-order valence-corrected chi connectivity index (χ2v) is 11.3. The molecule has 0 radical (unpaired) electrons. The van der Waals surface area contributed by atoms with Crippen molar-refractivity contribution in [1.29, 1.82) is 0 Å². The Morgan fingerprint density at radius 3 is 2.50 bits per heavy atom. The zero-order chi connectivity index (χ0) is 27.5. The molecule has 1 aliphatic rings. The third-order valence-corrected chi connectivity index (χ3v) is 8.44. The number of rotatable bonds is 8. The summed E-state index contributed by atoms with van der Waals surface area (Å²) in [6.07, 6.45) is 5.84. The molecule has 6 rings (SSSR count). The van der Waals surface area contributed by atoms with Gasteiger partial charge >= 0.3 is 0 Å². The number of benzene rings is 2. The van der Waals surface area contributed by atoms with Crippen LogP contribution in [0.3, 0.4) is 0 Å². The molecule has 3 aromatic heterocycles. The lowest BCUT2D eigenvalue weighted by Crippen LogP contribution is -2.45. The summed E-state index contributed by atoms with van der Waals surface area (Å²) in [5, 5.41) is 14.9. The number of aromatic nitrogens is 4. The number of amides is 1. The molecule has 1 aliphatic carbocycles. The number of anilines is 1. The molecule has 1 amide bonds. The Kier molecular flexibility index (Phi) is 7.57. The van der Waals surface area contributed by atoms with Gasteiger partial charge in [-0.3, -0.25) is 14.6 Å². The predicted molar refractivity (Wildman–Crippen MR) is 157 cm³/mol. The third kappa shape index (κ3) is 5.61. The van der Waals surface area contributed by atoms with Crippen LogP contribution in [-0.2, 0) is 6.54 Å². The molecule has 0 spiro atoms. The Bertz CT molecular complexity index is 1550. The number of carbonyl (C=O) groups is 1. The minimum atomic E-state index is 0.0106. The fourth-order valence-electron chi connectivity index (χ4n) is 5.51. The van der Waals surface area contributed by atoms with Gasteiger partial charge in [0, 0.05) is 43.4 Å². The Balaban J connectivity index is 1.22. The minimum absolute atomic E-state index is 0.0106. The molecule has 0 unspecified atom stereocenters. The van der Waals surface area contributed by atoms with Crippen molar-refractivity contribution < 1.29 is 9.21 Å². The topological polar surface area (TPSA) is 80.3 Å². The van der Waals surface area contributed by atoms with E-state index in [1.165, 1.54) is 16.9 Å². The lowest BCUT2D eigenvalue weighted by molar-refractivity contribution is 0.0961. The van der Waals surface area contributed by atoms with Gasteiger partial charge in [0.1, 0.15) is 0 Å². The van der Waals surface area contributed by atoms with E-state index >= 15 is 0 Å². The summed E-state index contributed by atoms with van der Waals surface area (Å²) < 4.78 is 7.41. The van der Waals surface area contributed by atoms with Crippen LogP contribution in [0.4, 0.5) is 5.82 Å². The van der Waals surface area contributed by atoms with Crippen molar-refractivity contribution in [1.82, 2.24) is 24.9 Å². The van der Waals surface area contributed by atoms with Crippen LogP contribution in [0.2, 0.25) is 0 Å². The lowest BCUT2D eigenvalue weighted by atomic mass is 9.89. The Morgan fingerprint density at radius 2 is 1.77 bits per heavy atom. The average molecular weight is 553 g/mol. The first kappa shape index (κ1) is 26.2. The first-order valence-electron chi connectivity index (χ1n) is 13.6. The summed E-state index contributed by atoms with van der Waals surface area (Å²) in [4.78, 5) is 18.9. The number of thiophene rings is 1. The number of hydrogen-bond acceptors (Lipinski definition) is 7. The van der Waals surface area contributed by atoms with E-state index in [4.69, 9.17) is 9.52 Å². The van der Waals surface area contributed by atoms with E-state index in [2.05, 4.69) is 52.5 Å². The van der Waals surface area contributed by atoms with Crippen LogP contribution >= 0.6 is 11.3 Å². The molecule has 0 aliphatic heterocycles. The van der Waals surface area contributed by atoms with E-state index in [-0.39, 0.29) is 11.9 Å². The van der Waals surface area contributed by atoms with Crippen molar-refractivity contribution >= 4 is 23.1 Å². The van der Waals surface area contributed by atoms with Crippen LogP contribution < -0.4 is 4.90 Å².